The molecule has 0 aliphatic heterocycles. The highest BCUT2D eigenvalue weighted by Gasteiger charge is 2.13. The van der Waals surface area contributed by atoms with Gasteiger partial charge in [-0.2, -0.15) is 0 Å². The van der Waals surface area contributed by atoms with Crippen LogP contribution < -0.4 is 5.32 Å². The Labute approximate surface area is 124 Å². The molecule has 0 atom stereocenters. The number of nitro groups is 1. The summed E-state index contributed by atoms with van der Waals surface area (Å²) in [6.45, 7) is 0.480. The lowest BCUT2D eigenvalue weighted by molar-refractivity contribution is -0.384. The fourth-order valence-corrected chi connectivity index (χ4v) is 2.13. The van der Waals surface area contributed by atoms with Gasteiger partial charge in [0.15, 0.2) is 0 Å². The molecule has 0 radical (unpaired) electrons. The Balaban J connectivity index is 2.13. The number of nitrogens with zero attached hydrogens (tertiary/aromatic N) is 1. The first-order valence-electron chi connectivity index (χ1n) is 5.96. The zero-order valence-electron chi connectivity index (χ0n) is 10.5. The van der Waals surface area contributed by atoms with Gasteiger partial charge < -0.3 is 10.4 Å². The number of benzene rings is 2. The van der Waals surface area contributed by atoms with Gasteiger partial charge in [-0.3, -0.25) is 10.1 Å². The maximum absolute atomic E-state index is 11.0. The lowest BCUT2D eigenvalue weighted by Gasteiger charge is -2.08. The molecule has 20 heavy (non-hydrogen) atoms. The molecule has 0 fully saturated rings. The summed E-state index contributed by atoms with van der Waals surface area (Å²) in [6.07, 6.45) is 0. The predicted octanol–water partition coefficient (Wildman–Crippen LogP) is 3.46. The number of anilines is 1. The van der Waals surface area contributed by atoms with Crippen molar-refractivity contribution in [2.24, 2.45) is 0 Å². The van der Waals surface area contributed by atoms with Crippen molar-refractivity contribution in [3.05, 3.63) is 68.2 Å². The topological polar surface area (TPSA) is 75.4 Å². The van der Waals surface area contributed by atoms with E-state index in [-0.39, 0.29) is 12.3 Å². The average Bonchev–Trinajstić information content (AvgIpc) is 2.45. The molecule has 2 rings (SSSR count). The van der Waals surface area contributed by atoms with Crippen molar-refractivity contribution in [3.63, 3.8) is 0 Å². The van der Waals surface area contributed by atoms with Crippen LogP contribution in [0, 0.1) is 10.1 Å². The van der Waals surface area contributed by atoms with Crippen LogP contribution in [0.15, 0.2) is 46.9 Å². The minimum atomic E-state index is -0.413. The van der Waals surface area contributed by atoms with Crippen molar-refractivity contribution in [1.82, 2.24) is 0 Å². The van der Waals surface area contributed by atoms with Gasteiger partial charge in [-0.15, -0.1) is 0 Å². The summed E-state index contributed by atoms with van der Waals surface area (Å²) in [5, 5.41) is 23.0. The Bertz CT molecular complexity index is 614. The van der Waals surface area contributed by atoms with Crippen molar-refractivity contribution in [2.75, 3.05) is 5.32 Å². The van der Waals surface area contributed by atoms with Crippen molar-refractivity contribution < 1.29 is 10.0 Å². The Hall–Kier alpha value is -1.92. The van der Waals surface area contributed by atoms with Crippen LogP contribution in [0.2, 0.25) is 0 Å². The molecule has 0 spiro atoms. The molecule has 2 N–H and O–H groups in total. The summed E-state index contributed by atoms with van der Waals surface area (Å²) >= 11 is 3.30. The first-order valence-corrected chi connectivity index (χ1v) is 6.76. The van der Waals surface area contributed by atoms with Gasteiger partial charge in [0.1, 0.15) is 5.69 Å². The van der Waals surface area contributed by atoms with E-state index in [4.69, 9.17) is 5.11 Å². The van der Waals surface area contributed by atoms with Crippen LogP contribution in [0.3, 0.4) is 0 Å². The van der Waals surface area contributed by atoms with Crippen LogP contribution in [-0.2, 0) is 13.2 Å². The van der Waals surface area contributed by atoms with E-state index >= 15 is 0 Å². The van der Waals surface area contributed by atoms with Gasteiger partial charge in [0.2, 0.25) is 0 Å². The lowest BCUT2D eigenvalue weighted by atomic mass is 10.1. The molecule has 0 amide bonds. The highest BCUT2D eigenvalue weighted by molar-refractivity contribution is 9.10. The van der Waals surface area contributed by atoms with Crippen LogP contribution in [0.4, 0.5) is 11.4 Å². The molecule has 0 unspecified atom stereocenters. The van der Waals surface area contributed by atoms with E-state index in [2.05, 4.69) is 21.2 Å². The van der Waals surface area contributed by atoms with E-state index in [0.29, 0.717) is 12.2 Å². The summed E-state index contributed by atoms with van der Waals surface area (Å²) in [7, 11) is 0. The maximum atomic E-state index is 11.0. The first-order chi connectivity index (χ1) is 9.60. The van der Waals surface area contributed by atoms with Crippen LogP contribution in [0.5, 0.6) is 0 Å². The van der Waals surface area contributed by atoms with Crippen LogP contribution in [0.25, 0.3) is 0 Å². The average molecular weight is 337 g/mol. The number of nitrogens with one attached hydrogen (secondary N) is 1. The van der Waals surface area contributed by atoms with Gasteiger partial charge in [-0.25, -0.2) is 0 Å². The monoisotopic (exact) mass is 336 g/mol. The quantitative estimate of drug-likeness (QED) is 0.647. The molecule has 0 aromatic heterocycles. The van der Waals surface area contributed by atoms with E-state index in [0.717, 1.165) is 15.6 Å². The molecule has 6 heteroatoms. The van der Waals surface area contributed by atoms with Crippen molar-refractivity contribution >= 4 is 27.3 Å². The van der Waals surface area contributed by atoms with Gasteiger partial charge in [0.05, 0.1) is 11.5 Å². The van der Waals surface area contributed by atoms with Crippen molar-refractivity contribution in [1.29, 1.82) is 0 Å². The molecule has 0 bridgehead atoms. The number of halogens is 1. The van der Waals surface area contributed by atoms with Crippen molar-refractivity contribution in [3.8, 4) is 0 Å². The van der Waals surface area contributed by atoms with E-state index in [9.17, 15) is 10.1 Å². The van der Waals surface area contributed by atoms with Crippen LogP contribution in [0.1, 0.15) is 11.1 Å². The van der Waals surface area contributed by atoms with Gasteiger partial charge in [0, 0.05) is 17.1 Å². The third kappa shape index (κ3) is 3.55. The fourth-order valence-electron chi connectivity index (χ4n) is 1.77. The number of rotatable bonds is 5. The molecule has 0 aliphatic rings. The van der Waals surface area contributed by atoms with Gasteiger partial charge in [-0.05, 0) is 23.3 Å². The number of aliphatic hydroxyl groups is 1. The first kappa shape index (κ1) is 14.5. The number of hydrogen-bond acceptors (Lipinski definition) is 4. The third-order valence-electron chi connectivity index (χ3n) is 2.84. The Morgan fingerprint density at radius 1 is 1.15 bits per heavy atom. The normalized spacial score (nSPS) is 10.3. The zero-order valence-corrected chi connectivity index (χ0v) is 12.1. The summed E-state index contributed by atoms with van der Waals surface area (Å²) in [5.41, 5.74) is 2.33. The largest absolute Gasteiger partial charge is 0.392 e. The summed E-state index contributed by atoms with van der Waals surface area (Å²) < 4.78 is 0.779. The summed E-state index contributed by atoms with van der Waals surface area (Å²) in [6, 6.07) is 12.2. The molecular weight excluding hydrogens is 324 g/mol. The van der Waals surface area contributed by atoms with Gasteiger partial charge in [0.25, 0.3) is 5.69 Å². The molecule has 5 nitrogen and oxygen atoms in total. The summed E-state index contributed by atoms with van der Waals surface area (Å²) in [4.78, 5) is 10.5. The predicted molar refractivity (Wildman–Crippen MR) is 80.5 cm³/mol. The fraction of sp³-hybridized carbons (Fsp3) is 0.143. The zero-order chi connectivity index (χ0) is 14.5. The molecule has 104 valence electrons. The second kappa shape index (κ2) is 6.49. The summed E-state index contributed by atoms with van der Waals surface area (Å²) in [5.74, 6) is 0. The smallest absolute Gasteiger partial charge is 0.292 e. The molecular formula is C14H13BrN2O3. The highest BCUT2D eigenvalue weighted by atomic mass is 79.9. The standard InChI is InChI=1S/C14H13BrN2O3/c15-12-5-6-14(17(19)20)13(7-12)16-8-10-1-3-11(9-18)4-2-10/h1-7,16,18H,8-9H2. The SMILES string of the molecule is O=[N+]([O-])c1ccc(Br)cc1NCc1ccc(CO)cc1. The minimum absolute atomic E-state index is 0.00477. The number of hydrogen-bond donors (Lipinski definition) is 2. The lowest BCUT2D eigenvalue weighted by Crippen LogP contribution is -2.02. The minimum Gasteiger partial charge on any atom is -0.392 e. The second-order valence-electron chi connectivity index (χ2n) is 4.25. The molecule has 2 aromatic carbocycles. The van der Waals surface area contributed by atoms with Crippen LogP contribution >= 0.6 is 15.9 Å². The molecule has 0 saturated carbocycles. The second-order valence-corrected chi connectivity index (χ2v) is 5.16. The molecule has 0 aliphatic carbocycles. The Morgan fingerprint density at radius 3 is 2.40 bits per heavy atom. The van der Waals surface area contributed by atoms with E-state index in [1.165, 1.54) is 6.07 Å². The Kier molecular flexibility index (Phi) is 4.70. The molecule has 0 saturated heterocycles. The van der Waals surface area contributed by atoms with Crippen LogP contribution in [-0.4, -0.2) is 10.0 Å². The van der Waals surface area contributed by atoms with Crippen molar-refractivity contribution in [2.45, 2.75) is 13.2 Å². The highest BCUT2D eigenvalue weighted by Crippen LogP contribution is 2.28. The van der Waals surface area contributed by atoms with Gasteiger partial charge >= 0.3 is 0 Å². The molecule has 0 heterocycles. The van der Waals surface area contributed by atoms with E-state index < -0.39 is 4.92 Å². The maximum Gasteiger partial charge on any atom is 0.292 e. The van der Waals surface area contributed by atoms with E-state index in [1.54, 1.807) is 12.1 Å². The Morgan fingerprint density at radius 2 is 1.80 bits per heavy atom. The van der Waals surface area contributed by atoms with E-state index in [1.807, 2.05) is 24.3 Å². The molecule has 2 aromatic rings. The number of nitro benzene ring substituents is 1. The number of aliphatic hydroxyl groups excluding tert-OH is 1. The van der Waals surface area contributed by atoms with Gasteiger partial charge in [-0.1, -0.05) is 40.2 Å². The third-order valence-corrected chi connectivity index (χ3v) is 3.34.